The Kier molecular flexibility index (Phi) is 6.71. The van der Waals surface area contributed by atoms with Crippen LogP contribution in [0.1, 0.15) is 36.6 Å². The zero-order valence-corrected chi connectivity index (χ0v) is 25.8. The number of furan rings is 1. The van der Waals surface area contributed by atoms with E-state index in [1.54, 1.807) is 0 Å². The van der Waals surface area contributed by atoms with Crippen LogP contribution in [-0.4, -0.2) is 15.0 Å². The minimum Gasteiger partial charge on any atom is -0.456 e. The highest BCUT2D eigenvalue weighted by molar-refractivity contribution is 6.14. The fourth-order valence-corrected chi connectivity index (χ4v) is 6.85. The molecule has 7 aromatic rings. The smallest absolute Gasteiger partial charge is 0.165 e. The number of fused-ring (bicyclic) bond motifs is 4. The lowest BCUT2D eigenvalue weighted by molar-refractivity contribution is 0.669. The monoisotopic (exact) mass is 605 g/mol. The van der Waals surface area contributed by atoms with Crippen LogP contribution in [0.25, 0.3) is 72.2 Å². The number of para-hydroxylation sites is 1. The fourth-order valence-electron chi connectivity index (χ4n) is 6.85. The van der Waals surface area contributed by atoms with Crippen molar-refractivity contribution in [1.29, 1.82) is 0 Å². The first-order valence-electron chi connectivity index (χ1n) is 16.3. The van der Waals surface area contributed by atoms with Gasteiger partial charge in [-0.2, -0.15) is 0 Å². The van der Waals surface area contributed by atoms with Gasteiger partial charge in [0.1, 0.15) is 17.0 Å². The van der Waals surface area contributed by atoms with Gasteiger partial charge in [-0.15, -0.1) is 0 Å². The summed E-state index contributed by atoms with van der Waals surface area (Å²) in [5.74, 6) is 2.17. The summed E-state index contributed by atoms with van der Waals surface area (Å²) in [4.78, 5) is 15.6. The summed E-state index contributed by atoms with van der Waals surface area (Å²) < 4.78 is 6.37. The van der Waals surface area contributed by atoms with E-state index in [4.69, 9.17) is 19.4 Å². The standard InChI is InChI=1S/C43H31N3O/c1-3-12-30(13-4-1)35-25-26-38-39(36-17-9-10-18-37(36)47-38)40(35)43-45-41(31-14-5-2-6-15-31)44-42(46-43)32-22-19-29(20-23-32)34-24-21-28-11-7-8-16-33(28)27-34/h2-3,5-14,16-27,31H,1,4,15H2. The quantitative estimate of drug-likeness (QED) is 0.196. The summed E-state index contributed by atoms with van der Waals surface area (Å²) in [6.07, 6.45) is 18.2. The van der Waals surface area contributed by atoms with E-state index in [1.807, 2.05) is 12.1 Å². The van der Waals surface area contributed by atoms with E-state index in [1.165, 1.54) is 21.9 Å². The molecule has 224 valence electrons. The molecule has 2 aromatic heterocycles. The number of nitrogens with zero attached hydrogens (tertiary/aromatic N) is 3. The van der Waals surface area contributed by atoms with Crippen LogP contribution >= 0.6 is 0 Å². The Balaban J connectivity index is 1.24. The average Bonchev–Trinajstić information content (AvgIpc) is 3.54. The van der Waals surface area contributed by atoms with E-state index in [2.05, 4.69) is 134 Å². The molecule has 0 radical (unpaired) electrons. The molecule has 0 aliphatic heterocycles. The molecule has 9 rings (SSSR count). The third-order valence-corrected chi connectivity index (χ3v) is 9.26. The molecule has 4 nitrogen and oxygen atoms in total. The number of rotatable bonds is 5. The lowest BCUT2D eigenvalue weighted by Gasteiger charge is -2.17. The maximum Gasteiger partial charge on any atom is 0.165 e. The SMILES string of the molecule is C1=CCC(c2nc(-c3ccc(-c4ccc5ccccc5c4)cc3)nc(-c3c(C4=CCCC=C4)ccc4oc5ccccc5c34)n2)C=C1. The second-order valence-electron chi connectivity index (χ2n) is 12.2. The first-order chi connectivity index (χ1) is 23.3. The van der Waals surface area contributed by atoms with E-state index in [9.17, 15) is 0 Å². The molecule has 1 atom stereocenters. The summed E-state index contributed by atoms with van der Waals surface area (Å²) in [5, 5.41) is 4.56. The Labute approximate surface area is 273 Å². The molecule has 4 heteroatoms. The molecular weight excluding hydrogens is 574 g/mol. The highest BCUT2D eigenvalue weighted by Gasteiger charge is 2.24. The fraction of sp³-hybridized carbons (Fsp3) is 0.0930. The van der Waals surface area contributed by atoms with Crippen molar-refractivity contribution in [2.45, 2.75) is 25.2 Å². The normalized spacial score (nSPS) is 15.9. The Hall–Kier alpha value is -5.87. The minimum absolute atomic E-state index is 0.0647. The molecule has 2 heterocycles. The number of hydrogen-bond acceptors (Lipinski definition) is 4. The van der Waals surface area contributed by atoms with E-state index in [0.717, 1.165) is 69.3 Å². The molecule has 0 saturated heterocycles. The van der Waals surface area contributed by atoms with Crippen molar-refractivity contribution in [3.8, 4) is 33.9 Å². The van der Waals surface area contributed by atoms with Gasteiger partial charge in [0.05, 0.1) is 0 Å². The zero-order chi connectivity index (χ0) is 31.2. The van der Waals surface area contributed by atoms with Crippen molar-refractivity contribution in [2.24, 2.45) is 0 Å². The highest BCUT2D eigenvalue weighted by Crippen LogP contribution is 2.42. The van der Waals surface area contributed by atoms with Crippen LogP contribution in [0.5, 0.6) is 0 Å². The van der Waals surface area contributed by atoms with Gasteiger partial charge >= 0.3 is 0 Å². The molecule has 47 heavy (non-hydrogen) atoms. The molecular formula is C43H31N3O. The van der Waals surface area contributed by atoms with Gasteiger partial charge in [0.15, 0.2) is 11.6 Å². The Morgan fingerprint density at radius 1 is 0.617 bits per heavy atom. The van der Waals surface area contributed by atoms with Crippen molar-refractivity contribution in [2.75, 3.05) is 0 Å². The van der Waals surface area contributed by atoms with Gasteiger partial charge in [-0.3, -0.25) is 0 Å². The summed E-state index contributed by atoms with van der Waals surface area (Å²) in [7, 11) is 0. The molecule has 0 fully saturated rings. The topological polar surface area (TPSA) is 51.8 Å². The van der Waals surface area contributed by atoms with Crippen molar-refractivity contribution >= 4 is 38.3 Å². The van der Waals surface area contributed by atoms with Crippen LogP contribution in [0.4, 0.5) is 0 Å². The first-order valence-corrected chi connectivity index (χ1v) is 16.3. The summed E-state index contributed by atoms with van der Waals surface area (Å²) in [6, 6.07) is 36.2. The average molecular weight is 606 g/mol. The van der Waals surface area contributed by atoms with Crippen LogP contribution in [0.15, 0.2) is 150 Å². The van der Waals surface area contributed by atoms with Crippen LogP contribution in [0, 0.1) is 0 Å². The predicted octanol–water partition coefficient (Wildman–Crippen LogP) is 11.3. The van der Waals surface area contributed by atoms with Gasteiger partial charge in [0.25, 0.3) is 0 Å². The molecule has 0 amide bonds. The maximum absolute atomic E-state index is 6.37. The van der Waals surface area contributed by atoms with Crippen molar-refractivity contribution in [3.05, 3.63) is 157 Å². The highest BCUT2D eigenvalue weighted by atomic mass is 16.3. The third kappa shape index (κ3) is 4.99. The van der Waals surface area contributed by atoms with Crippen LogP contribution in [0.2, 0.25) is 0 Å². The summed E-state index contributed by atoms with van der Waals surface area (Å²) in [5.41, 5.74) is 8.25. The van der Waals surface area contributed by atoms with Gasteiger partial charge in [0, 0.05) is 27.8 Å². The summed E-state index contributed by atoms with van der Waals surface area (Å²) >= 11 is 0. The second-order valence-corrected chi connectivity index (χ2v) is 12.2. The molecule has 0 bridgehead atoms. The maximum atomic E-state index is 6.37. The lowest BCUT2D eigenvalue weighted by atomic mass is 9.91. The molecule has 2 aliphatic rings. The van der Waals surface area contributed by atoms with Crippen LogP contribution in [0.3, 0.4) is 0 Å². The number of benzene rings is 5. The van der Waals surface area contributed by atoms with Crippen molar-refractivity contribution < 1.29 is 4.42 Å². The Bertz CT molecular complexity index is 2440. The number of aromatic nitrogens is 3. The number of allylic oxidation sites excluding steroid dienone is 8. The van der Waals surface area contributed by atoms with Gasteiger partial charge < -0.3 is 4.42 Å². The Morgan fingerprint density at radius 2 is 1.43 bits per heavy atom. The van der Waals surface area contributed by atoms with Crippen LogP contribution < -0.4 is 0 Å². The second kappa shape index (κ2) is 11.5. The minimum atomic E-state index is 0.0647. The van der Waals surface area contributed by atoms with E-state index in [0.29, 0.717) is 11.6 Å². The van der Waals surface area contributed by atoms with E-state index in [-0.39, 0.29) is 5.92 Å². The van der Waals surface area contributed by atoms with Crippen molar-refractivity contribution in [1.82, 2.24) is 15.0 Å². The molecule has 5 aromatic carbocycles. The molecule has 1 unspecified atom stereocenters. The van der Waals surface area contributed by atoms with Gasteiger partial charge in [-0.05, 0) is 76.6 Å². The molecule has 2 aliphatic carbocycles. The molecule has 0 N–H and O–H groups in total. The van der Waals surface area contributed by atoms with Gasteiger partial charge in [0.2, 0.25) is 0 Å². The van der Waals surface area contributed by atoms with E-state index >= 15 is 0 Å². The number of hydrogen-bond donors (Lipinski definition) is 0. The van der Waals surface area contributed by atoms with Gasteiger partial charge in [-0.1, -0.05) is 121 Å². The van der Waals surface area contributed by atoms with Crippen LogP contribution in [-0.2, 0) is 0 Å². The molecule has 0 spiro atoms. The van der Waals surface area contributed by atoms with Crippen molar-refractivity contribution in [3.63, 3.8) is 0 Å². The Morgan fingerprint density at radius 3 is 2.28 bits per heavy atom. The lowest BCUT2D eigenvalue weighted by Crippen LogP contribution is -2.08. The summed E-state index contributed by atoms with van der Waals surface area (Å²) in [6.45, 7) is 0. The molecule has 0 saturated carbocycles. The zero-order valence-electron chi connectivity index (χ0n) is 25.8. The van der Waals surface area contributed by atoms with E-state index < -0.39 is 0 Å². The first kappa shape index (κ1) is 27.4. The third-order valence-electron chi connectivity index (χ3n) is 9.26. The van der Waals surface area contributed by atoms with Gasteiger partial charge in [-0.25, -0.2) is 15.0 Å². The predicted molar refractivity (Wildman–Crippen MR) is 193 cm³/mol. The largest absolute Gasteiger partial charge is 0.456 e.